The first-order valence-electron chi connectivity index (χ1n) is 5.39. The van der Waals surface area contributed by atoms with E-state index in [4.69, 9.17) is 17.4 Å². The van der Waals surface area contributed by atoms with E-state index in [9.17, 15) is 18.0 Å². The number of ether oxygens (including phenoxy) is 1. The number of anilines is 1. The molecule has 0 atom stereocenters. The summed E-state index contributed by atoms with van der Waals surface area (Å²) < 4.78 is 39.7. The maximum atomic E-state index is 11.8. The minimum atomic E-state index is -4.38. The molecule has 0 aliphatic carbocycles. The highest BCUT2D eigenvalue weighted by Gasteiger charge is 2.27. The molecule has 0 radical (unpaired) electrons. The van der Waals surface area contributed by atoms with Crippen LogP contribution in [0.1, 0.15) is 10.4 Å². The smallest absolute Gasteiger partial charge is 0.370 e. The fourth-order valence-electron chi connectivity index (χ4n) is 1.23. The number of carbonyl (C=O) groups excluding carboxylic acids is 1. The third-order valence-corrected chi connectivity index (χ3v) is 2.20. The second-order valence-electron chi connectivity index (χ2n) is 3.63. The van der Waals surface area contributed by atoms with Crippen LogP contribution < -0.4 is 16.6 Å². The number of alkyl halides is 3. The molecule has 0 unspecified atom stereocenters. The van der Waals surface area contributed by atoms with Gasteiger partial charge in [-0.3, -0.25) is 4.79 Å². The summed E-state index contributed by atoms with van der Waals surface area (Å²) in [5, 5.41) is 2.43. The number of amides is 1. The Kier molecular flexibility index (Phi) is 5.99. The normalized spacial score (nSPS) is 11.2. The maximum absolute atomic E-state index is 11.8. The van der Waals surface area contributed by atoms with Crippen LogP contribution in [0, 0.1) is 0 Å². The summed E-state index contributed by atoms with van der Waals surface area (Å²) in [7, 11) is 0. The van der Waals surface area contributed by atoms with E-state index in [-0.39, 0.29) is 29.7 Å². The lowest BCUT2D eigenvalue weighted by molar-refractivity contribution is -0.173. The Labute approximate surface area is 117 Å². The van der Waals surface area contributed by atoms with Crippen LogP contribution in [0.5, 0.6) is 0 Å². The molecule has 0 fully saturated rings. The Balaban J connectivity index is 2.41. The molecule has 1 aromatic heterocycles. The maximum Gasteiger partial charge on any atom is 0.411 e. The van der Waals surface area contributed by atoms with Crippen molar-refractivity contribution in [1.29, 1.82) is 0 Å². The number of halogens is 4. The molecule has 0 aliphatic rings. The van der Waals surface area contributed by atoms with E-state index in [1.54, 1.807) is 0 Å². The zero-order valence-electron chi connectivity index (χ0n) is 10.1. The van der Waals surface area contributed by atoms with Crippen molar-refractivity contribution in [3.63, 3.8) is 0 Å². The number of aromatic nitrogens is 1. The fourth-order valence-corrected chi connectivity index (χ4v) is 1.44. The molecular weight excluding hydrogens is 301 g/mol. The molecule has 1 amide bonds. The van der Waals surface area contributed by atoms with Crippen molar-refractivity contribution in [3.8, 4) is 0 Å². The average molecular weight is 313 g/mol. The van der Waals surface area contributed by atoms with E-state index in [0.29, 0.717) is 0 Å². The number of hydrazine groups is 1. The van der Waals surface area contributed by atoms with Crippen molar-refractivity contribution in [2.24, 2.45) is 5.84 Å². The summed E-state index contributed by atoms with van der Waals surface area (Å²) in [5.41, 5.74) is 2.41. The average Bonchev–Trinajstić information content (AvgIpc) is 2.36. The summed E-state index contributed by atoms with van der Waals surface area (Å²) >= 11 is 5.67. The van der Waals surface area contributed by atoms with Gasteiger partial charge >= 0.3 is 6.18 Å². The second-order valence-corrected chi connectivity index (χ2v) is 4.02. The topological polar surface area (TPSA) is 89.3 Å². The zero-order valence-corrected chi connectivity index (χ0v) is 10.9. The van der Waals surface area contributed by atoms with E-state index in [0.717, 1.165) is 0 Å². The van der Waals surface area contributed by atoms with Crippen LogP contribution in [0.25, 0.3) is 0 Å². The zero-order chi connectivity index (χ0) is 15.2. The largest absolute Gasteiger partial charge is 0.411 e. The molecule has 1 heterocycles. The van der Waals surface area contributed by atoms with E-state index in [1.807, 2.05) is 0 Å². The number of nitrogen functional groups attached to an aromatic ring is 1. The standard InChI is InChI=1S/C10H12ClF3N4O2/c11-7-3-6(4-8(17-7)18-15)9(19)16-1-2-20-5-10(12,13)14/h3-4H,1-2,5,15H2,(H,16,19)(H,17,18). The fraction of sp³-hybridized carbons (Fsp3) is 0.400. The van der Waals surface area contributed by atoms with Gasteiger partial charge < -0.3 is 15.5 Å². The van der Waals surface area contributed by atoms with Gasteiger partial charge in [-0.2, -0.15) is 13.2 Å². The van der Waals surface area contributed by atoms with Crippen LogP contribution in [0.3, 0.4) is 0 Å². The van der Waals surface area contributed by atoms with Crippen LogP contribution in [0.2, 0.25) is 5.15 Å². The van der Waals surface area contributed by atoms with Gasteiger partial charge in [-0.05, 0) is 12.1 Å². The summed E-state index contributed by atoms with van der Waals surface area (Å²) in [4.78, 5) is 15.5. The van der Waals surface area contributed by atoms with Crippen molar-refractivity contribution < 1.29 is 22.7 Å². The number of nitrogens with one attached hydrogen (secondary N) is 2. The molecule has 20 heavy (non-hydrogen) atoms. The number of hydrogen-bond acceptors (Lipinski definition) is 5. The van der Waals surface area contributed by atoms with Gasteiger partial charge in [0, 0.05) is 12.1 Å². The van der Waals surface area contributed by atoms with Crippen molar-refractivity contribution >= 4 is 23.3 Å². The third-order valence-electron chi connectivity index (χ3n) is 2.00. The monoisotopic (exact) mass is 312 g/mol. The minimum absolute atomic E-state index is 0.0546. The molecule has 0 spiro atoms. The molecule has 0 aliphatic heterocycles. The molecule has 0 saturated carbocycles. The lowest BCUT2D eigenvalue weighted by Gasteiger charge is -2.09. The van der Waals surface area contributed by atoms with E-state index in [2.05, 4.69) is 20.5 Å². The van der Waals surface area contributed by atoms with E-state index >= 15 is 0 Å². The molecule has 0 saturated heterocycles. The SMILES string of the molecule is NNc1cc(C(=O)NCCOCC(F)(F)F)cc(Cl)n1. The summed E-state index contributed by atoms with van der Waals surface area (Å²) in [5.74, 6) is 4.80. The number of pyridine rings is 1. The summed E-state index contributed by atoms with van der Waals surface area (Å²) in [6, 6.07) is 2.64. The second kappa shape index (κ2) is 7.27. The molecule has 0 bridgehead atoms. The number of nitrogens with zero attached hydrogens (tertiary/aromatic N) is 1. The van der Waals surface area contributed by atoms with E-state index in [1.165, 1.54) is 12.1 Å². The highest BCUT2D eigenvalue weighted by molar-refractivity contribution is 6.29. The van der Waals surface area contributed by atoms with Crippen molar-refractivity contribution in [1.82, 2.24) is 10.3 Å². The molecule has 112 valence electrons. The highest BCUT2D eigenvalue weighted by atomic mass is 35.5. The molecular formula is C10H12ClF3N4O2. The lowest BCUT2D eigenvalue weighted by atomic mass is 10.2. The number of nitrogens with two attached hydrogens (primary N) is 1. The first-order valence-corrected chi connectivity index (χ1v) is 5.76. The predicted molar refractivity (Wildman–Crippen MR) is 66.3 cm³/mol. The van der Waals surface area contributed by atoms with Gasteiger partial charge in [-0.25, -0.2) is 10.8 Å². The molecule has 1 rings (SSSR count). The van der Waals surface area contributed by atoms with Crippen LogP contribution in [-0.2, 0) is 4.74 Å². The Bertz CT molecular complexity index is 470. The van der Waals surface area contributed by atoms with Gasteiger partial charge in [-0.1, -0.05) is 11.6 Å². The van der Waals surface area contributed by atoms with Gasteiger partial charge in [0.1, 0.15) is 17.6 Å². The number of carbonyl (C=O) groups is 1. The first kappa shape index (κ1) is 16.5. The van der Waals surface area contributed by atoms with Gasteiger partial charge in [0.05, 0.1) is 6.61 Å². The quantitative estimate of drug-likeness (QED) is 0.319. The molecule has 6 nitrogen and oxygen atoms in total. The Morgan fingerprint density at radius 3 is 2.75 bits per heavy atom. The highest BCUT2D eigenvalue weighted by Crippen LogP contribution is 2.14. The first-order chi connectivity index (χ1) is 9.31. The van der Waals surface area contributed by atoms with Crippen molar-refractivity contribution in [3.05, 3.63) is 22.8 Å². The van der Waals surface area contributed by atoms with Crippen LogP contribution in [-0.4, -0.2) is 36.8 Å². The van der Waals surface area contributed by atoms with Crippen LogP contribution >= 0.6 is 11.6 Å². The lowest BCUT2D eigenvalue weighted by Crippen LogP contribution is -2.29. The van der Waals surface area contributed by atoms with Crippen LogP contribution in [0.4, 0.5) is 19.0 Å². The minimum Gasteiger partial charge on any atom is -0.370 e. The predicted octanol–water partition coefficient (Wildman–Crippen LogP) is 1.33. The molecule has 10 heteroatoms. The molecule has 4 N–H and O–H groups in total. The molecule has 1 aromatic rings. The van der Waals surface area contributed by atoms with Gasteiger partial charge in [-0.15, -0.1) is 0 Å². The van der Waals surface area contributed by atoms with Crippen molar-refractivity contribution in [2.75, 3.05) is 25.2 Å². The number of rotatable bonds is 6. The van der Waals surface area contributed by atoms with E-state index < -0.39 is 18.7 Å². The molecule has 0 aromatic carbocycles. The summed E-state index contributed by atoms with van der Waals surface area (Å²) in [6.07, 6.45) is -4.38. The van der Waals surface area contributed by atoms with Crippen molar-refractivity contribution in [2.45, 2.75) is 6.18 Å². The van der Waals surface area contributed by atoms with Gasteiger partial charge in [0.2, 0.25) is 0 Å². The Morgan fingerprint density at radius 2 is 2.15 bits per heavy atom. The Hall–Kier alpha value is -1.58. The Morgan fingerprint density at radius 1 is 1.45 bits per heavy atom. The van der Waals surface area contributed by atoms with Gasteiger partial charge in [0.25, 0.3) is 5.91 Å². The third kappa shape index (κ3) is 6.04. The van der Waals surface area contributed by atoms with Gasteiger partial charge in [0.15, 0.2) is 0 Å². The van der Waals surface area contributed by atoms with Crippen LogP contribution in [0.15, 0.2) is 12.1 Å². The number of hydrogen-bond donors (Lipinski definition) is 3. The summed E-state index contributed by atoms with van der Waals surface area (Å²) in [6.45, 7) is -1.68.